The summed E-state index contributed by atoms with van der Waals surface area (Å²) in [6.45, 7) is 0.746. The minimum atomic E-state index is 0.746. The van der Waals surface area contributed by atoms with E-state index in [0.717, 1.165) is 6.61 Å². The lowest BCUT2D eigenvalue weighted by Gasteiger charge is -1.90. The first-order valence-electron chi connectivity index (χ1n) is 3.81. The molecular weight excluding hydrogens is 167 g/mol. The first-order chi connectivity index (χ1) is 5.88. The molecule has 3 heteroatoms. The molecule has 1 heterocycles. The standard InChI is InChI=1S/C7H6BO.C2H6S/c1-2-4-7-6(3-1)5-9-8-7;1-3-2/h1-4H,5H2;1-2H3. The lowest BCUT2D eigenvalue weighted by Crippen LogP contribution is -2.09. The molecular formula is C9H12BOS. The summed E-state index contributed by atoms with van der Waals surface area (Å²) in [4.78, 5) is 0. The van der Waals surface area contributed by atoms with Gasteiger partial charge in [-0.1, -0.05) is 24.3 Å². The van der Waals surface area contributed by atoms with Crippen molar-refractivity contribution >= 4 is 24.7 Å². The fourth-order valence-corrected chi connectivity index (χ4v) is 1.00. The normalized spacial score (nSPS) is 12.5. The van der Waals surface area contributed by atoms with Gasteiger partial charge in [0.05, 0.1) is 6.61 Å². The molecule has 0 atom stereocenters. The van der Waals surface area contributed by atoms with Gasteiger partial charge in [0.15, 0.2) is 0 Å². The topological polar surface area (TPSA) is 9.23 Å². The number of hydrogen-bond acceptors (Lipinski definition) is 2. The SMILES string of the molecule is CSC.[B]1OCc2ccccc21. The van der Waals surface area contributed by atoms with Crippen LogP contribution in [0.1, 0.15) is 5.56 Å². The van der Waals surface area contributed by atoms with Crippen LogP contribution in [0.25, 0.3) is 0 Å². The molecule has 0 amide bonds. The van der Waals surface area contributed by atoms with Gasteiger partial charge < -0.3 is 4.65 Å². The van der Waals surface area contributed by atoms with E-state index in [1.807, 2.05) is 24.6 Å². The van der Waals surface area contributed by atoms with Crippen molar-refractivity contribution in [3.05, 3.63) is 29.8 Å². The van der Waals surface area contributed by atoms with Crippen molar-refractivity contribution in [2.75, 3.05) is 12.5 Å². The van der Waals surface area contributed by atoms with Crippen molar-refractivity contribution in [1.29, 1.82) is 0 Å². The predicted octanol–water partition coefficient (Wildman–Crippen LogP) is 1.44. The van der Waals surface area contributed by atoms with Crippen LogP contribution in [0.2, 0.25) is 0 Å². The van der Waals surface area contributed by atoms with Crippen LogP contribution in [0.3, 0.4) is 0 Å². The van der Waals surface area contributed by atoms with Crippen LogP contribution in [-0.2, 0) is 11.3 Å². The molecule has 0 N–H and O–H groups in total. The predicted molar refractivity (Wildman–Crippen MR) is 56.1 cm³/mol. The minimum Gasteiger partial charge on any atom is -0.430 e. The Labute approximate surface area is 78.8 Å². The van der Waals surface area contributed by atoms with Gasteiger partial charge in [0.25, 0.3) is 0 Å². The van der Waals surface area contributed by atoms with E-state index in [-0.39, 0.29) is 0 Å². The molecule has 0 aliphatic carbocycles. The molecule has 0 spiro atoms. The lowest BCUT2D eigenvalue weighted by atomic mass is 9.88. The largest absolute Gasteiger partial charge is 0.430 e. The van der Waals surface area contributed by atoms with Crippen LogP contribution in [0.4, 0.5) is 0 Å². The van der Waals surface area contributed by atoms with Crippen LogP contribution in [0.15, 0.2) is 24.3 Å². The molecule has 0 bridgehead atoms. The minimum absolute atomic E-state index is 0.746. The summed E-state index contributed by atoms with van der Waals surface area (Å²) < 4.78 is 5.09. The number of benzene rings is 1. The number of rotatable bonds is 0. The Morgan fingerprint density at radius 1 is 1.33 bits per heavy atom. The average Bonchev–Trinajstić information content (AvgIpc) is 2.52. The van der Waals surface area contributed by atoms with Gasteiger partial charge in [-0.25, -0.2) is 0 Å². The second-order valence-corrected chi connectivity index (χ2v) is 3.35. The maximum atomic E-state index is 5.09. The highest BCUT2D eigenvalue weighted by Crippen LogP contribution is 2.02. The molecule has 2 rings (SSSR count). The summed E-state index contributed by atoms with van der Waals surface area (Å²) in [5.41, 5.74) is 2.51. The van der Waals surface area contributed by atoms with Crippen molar-refractivity contribution in [1.82, 2.24) is 0 Å². The summed E-state index contributed by atoms with van der Waals surface area (Å²) in [6, 6.07) is 8.19. The third-order valence-electron chi connectivity index (χ3n) is 1.50. The number of thioether (sulfide) groups is 1. The van der Waals surface area contributed by atoms with Gasteiger partial charge in [0, 0.05) is 0 Å². The van der Waals surface area contributed by atoms with E-state index in [9.17, 15) is 0 Å². The second-order valence-electron chi connectivity index (χ2n) is 2.54. The Bertz CT molecular complexity index is 217. The van der Waals surface area contributed by atoms with Gasteiger partial charge >= 0.3 is 7.48 Å². The molecule has 0 fully saturated rings. The molecule has 63 valence electrons. The second kappa shape index (κ2) is 5.28. The van der Waals surface area contributed by atoms with Gasteiger partial charge in [-0.2, -0.15) is 11.8 Å². The molecule has 1 aliphatic heterocycles. The Hall–Kier alpha value is -0.405. The van der Waals surface area contributed by atoms with Crippen molar-refractivity contribution in [3.63, 3.8) is 0 Å². The fourth-order valence-electron chi connectivity index (χ4n) is 1.00. The maximum Gasteiger partial charge on any atom is 0.330 e. The van der Waals surface area contributed by atoms with Crippen LogP contribution in [-0.4, -0.2) is 20.0 Å². The molecule has 1 aromatic carbocycles. The Balaban J connectivity index is 0.000000213. The number of hydrogen-bond donors (Lipinski definition) is 0. The maximum absolute atomic E-state index is 5.09. The first kappa shape index (κ1) is 9.68. The van der Waals surface area contributed by atoms with Gasteiger partial charge in [0.2, 0.25) is 0 Å². The highest BCUT2D eigenvalue weighted by atomic mass is 32.2. The third kappa shape index (κ3) is 2.57. The van der Waals surface area contributed by atoms with Gasteiger partial charge in [-0.05, 0) is 23.5 Å². The molecule has 1 radical (unpaired) electrons. The highest BCUT2D eigenvalue weighted by molar-refractivity contribution is 7.97. The zero-order valence-corrected chi connectivity index (χ0v) is 8.23. The molecule has 0 saturated carbocycles. The van der Waals surface area contributed by atoms with Gasteiger partial charge in [-0.3, -0.25) is 0 Å². The Morgan fingerprint density at radius 2 is 2.00 bits per heavy atom. The summed E-state index contributed by atoms with van der Waals surface area (Å²) in [7, 11) is 1.80. The van der Waals surface area contributed by atoms with Gasteiger partial charge in [-0.15, -0.1) is 0 Å². The monoisotopic (exact) mass is 179 g/mol. The van der Waals surface area contributed by atoms with Crippen LogP contribution < -0.4 is 5.46 Å². The third-order valence-corrected chi connectivity index (χ3v) is 1.50. The molecule has 12 heavy (non-hydrogen) atoms. The van der Waals surface area contributed by atoms with Gasteiger partial charge in [0.1, 0.15) is 0 Å². The highest BCUT2D eigenvalue weighted by Gasteiger charge is 2.10. The van der Waals surface area contributed by atoms with Crippen molar-refractivity contribution in [2.24, 2.45) is 0 Å². The fraction of sp³-hybridized carbons (Fsp3) is 0.333. The summed E-state index contributed by atoms with van der Waals surface area (Å²) in [6.07, 6.45) is 4.08. The van der Waals surface area contributed by atoms with E-state index in [1.54, 1.807) is 19.2 Å². The summed E-state index contributed by atoms with van der Waals surface area (Å²) >= 11 is 1.75. The van der Waals surface area contributed by atoms with E-state index >= 15 is 0 Å². The van der Waals surface area contributed by atoms with E-state index in [4.69, 9.17) is 4.65 Å². The first-order valence-corrected chi connectivity index (χ1v) is 5.44. The van der Waals surface area contributed by atoms with Crippen LogP contribution >= 0.6 is 11.8 Å². The quantitative estimate of drug-likeness (QED) is 0.557. The lowest BCUT2D eigenvalue weighted by molar-refractivity contribution is 0.345. The zero-order valence-electron chi connectivity index (χ0n) is 7.41. The Morgan fingerprint density at radius 3 is 2.67 bits per heavy atom. The molecule has 0 unspecified atom stereocenters. The molecule has 1 nitrogen and oxygen atoms in total. The zero-order chi connectivity index (χ0) is 8.81. The summed E-state index contributed by atoms with van der Waals surface area (Å²) in [5, 5.41) is 0. The molecule has 1 aromatic rings. The molecule has 0 aromatic heterocycles. The van der Waals surface area contributed by atoms with Crippen molar-refractivity contribution < 1.29 is 4.65 Å². The van der Waals surface area contributed by atoms with Crippen LogP contribution in [0, 0.1) is 0 Å². The van der Waals surface area contributed by atoms with Crippen molar-refractivity contribution in [3.8, 4) is 0 Å². The number of fused-ring (bicyclic) bond motifs is 1. The average molecular weight is 179 g/mol. The smallest absolute Gasteiger partial charge is 0.330 e. The summed E-state index contributed by atoms with van der Waals surface area (Å²) in [5.74, 6) is 0. The van der Waals surface area contributed by atoms with Crippen LogP contribution in [0.5, 0.6) is 0 Å². The Kier molecular flexibility index (Phi) is 4.26. The van der Waals surface area contributed by atoms with E-state index in [1.165, 1.54) is 11.0 Å². The van der Waals surface area contributed by atoms with E-state index in [0.29, 0.717) is 0 Å². The van der Waals surface area contributed by atoms with E-state index in [2.05, 4.69) is 12.1 Å². The molecule has 0 saturated heterocycles. The van der Waals surface area contributed by atoms with Crippen molar-refractivity contribution in [2.45, 2.75) is 6.61 Å². The van der Waals surface area contributed by atoms with E-state index < -0.39 is 0 Å². The molecule has 1 aliphatic rings.